The minimum Gasteiger partial charge on any atom is -0.336 e. The normalized spacial score (nSPS) is 17.1. The number of fused-ring (bicyclic) bond motifs is 1. The lowest BCUT2D eigenvalue weighted by molar-refractivity contribution is 0.0678. The fraction of sp³-hybridized carbons (Fsp3) is 0.522. The van der Waals surface area contributed by atoms with Gasteiger partial charge in [0, 0.05) is 25.3 Å². The number of benzene rings is 1. The van der Waals surface area contributed by atoms with Crippen LogP contribution in [0.15, 0.2) is 18.2 Å². The smallest absolute Gasteiger partial charge is 0.289 e. The number of nitrogens with zero attached hydrogens (tertiary/aromatic N) is 3. The van der Waals surface area contributed by atoms with Crippen LogP contribution >= 0.6 is 0 Å². The van der Waals surface area contributed by atoms with Gasteiger partial charge in [-0.2, -0.15) is 0 Å². The summed E-state index contributed by atoms with van der Waals surface area (Å²) in [5, 5.41) is 3.00. The molecule has 0 aliphatic carbocycles. The number of anilines is 1. The van der Waals surface area contributed by atoms with Gasteiger partial charge in [0.15, 0.2) is 11.5 Å². The molecule has 0 bridgehead atoms. The number of amides is 2. The largest absolute Gasteiger partial charge is 0.336 e. The minimum absolute atomic E-state index is 0.0365. The lowest BCUT2D eigenvalue weighted by Crippen LogP contribution is -2.39. The van der Waals surface area contributed by atoms with Crippen LogP contribution in [-0.2, 0) is 13.0 Å². The van der Waals surface area contributed by atoms with E-state index in [1.54, 1.807) is 0 Å². The summed E-state index contributed by atoms with van der Waals surface area (Å²) < 4.78 is 1.99. The number of nitrogens with one attached hydrogen (secondary N) is 1. The Labute approximate surface area is 172 Å². The van der Waals surface area contributed by atoms with E-state index in [4.69, 9.17) is 0 Å². The van der Waals surface area contributed by atoms with E-state index in [0.29, 0.717) is 17.4 Å². The lowest BCUT2D eigenvalue weighted by atomic mass is 9.99. The van der Waals surface area contributed by atoms with Gasteiger partial charge in [-0.3, -0.25) is 9.59 Å². The van der Waals surface area contributed by atoms with Crippen LogP contribution in [0, 0.1) is 19.8 Å². The van der Waals surface area contributed by atoms with Crippen molar-refractivity contribution in [3.8, 4) is 0 Å². The summed E-state index contributed by atoms with van der Waals surface area (Å²) >= 11 is 0. The fourth-order valence-corrected chi connectivity index (χ4v) is 4.38. The molecule has 1 saturated heterocycles. The van der Waals surface area contributed by atoms with Gasteiger partial charge in [0.1, 0.15) is 0 Å². The van der Waals surface area contributed by atoms with Crippen molar-refractivity contribution in [2.45, 2.75) is 59.4 Å². The minimum atomic E-state index is -0.228. The highest BCUT2D eigenvalue weighted by atomic mass is 16.2. The van der Waals surface area contributed by atoms with Crippen LogP contribution in [-0.4, -0.2) is 39.4 Å². The molecule has 0 atom stereocenters. The highest BCUT2D eigenvalue weighted by Crippen LogP contribution is 2.25. The number of aryl methyl sites for hydroxylation is 2. The van der Waals surface area contributed by atoms with Gasteiger partial charge in [-0.1, -0.05) is 24.6 Å². The fourth-order valence-electron chi connectivity index (χ4n) is 4.38. The van der Waals surface area contributed by atoms with Crippen LogP contribution in [0.4, 0.5) is 5.69 Å². The van der Waals surface area contributed by atoms with E-state index in [1.165, 1.54) is 0 Å². The van der Waals surface area contributed by atoms with Crippen LogP contribution in [0.2, 0.25) is 0 Å². The molecular formula is C23H30N4O2. The first-order valence-corrected chi connectivity index (χ1v) is 10.7. The van der Waals surface area contributed by atoms with Crippen LogP contribution in [0.5, 0.6) is 0 Å². The van der Waals surface area contributed by atoms with Crippen LogP contribution in [0.25, 0.3) is 0 Å². The zero-order valence-electron chi connectivity index (χ0n) is 17.6. The standard InChI is InChI=1S/C23H30N4O2/c1-15-9-12-26(13-10-15)23(29)21-25-20(19-6-4-5-11-27(19)21)22(28)24-18-8-7-16(2)14-17(18)3/h7-8,14-15H,4-6,9-13H2,1-3H3,(H,24,28). The summed E-state index contributed by atoms with van der Waals surface area (Å²) in [4.78, 5) is 32.7. The molecule has 1 aromatic carbocycles. The second kappa shape index (κ2) is 8.01. The lowest BCUT2D eigenvalue weighted by Gasteiger charge is -2.30. The number of likely N-dealkylation sites (tertiary alicyclic amines) is 1. The van der Waals surface area contributed by atoms with E-state index in [2.05, 4.69) is 17.2 Å². The van der Waals surface area contributed by atoms with Crippen molar-refractivity contribution in [2.75, 3.05) is 18.4 Å². The number of carbonyl (C=O) groups is 2. The number of aromatic nitrogens is 2. The predicted molar refractivity (Wildman–Crippen MR) is 113 cm³/mol. The van der Waals surface area contributed by atoms with Gasteiger partial charge in [0.2, 0.25) is 0 Å². The van der Waals surface area contributed by atoms with Gasteiger partial charge < -0.3 is 14.8 Å². The van der Waals surface area contributed by atoms with E-state index in [1.807, 2.05) is 41.5 Å². The molecule has 2 amide bonds. The second-order valence-corrected chi connectivity index (χ2v) is 8.59. The summed E-state index contributed by atoms with van der Waals surface area (Å²) in [5.41, 5.74) is 4.26. The predicted octanol–water partition coefficient (Wildman–Crippen LogP) is 3.96. The molecule has 1 fully saturated rings. The summed E-state index contributed by atoms with van der Waals surface area (Å²) in [5.74, 6) is 0.826. The van der Waals surface area contributed by atoms with E-state index >= 15 is 0 Å². The Hall–Kier alpha value is -2.63. The number of hydrogen-bond acceptors (Lipinski definition) is 3. The van der Waals surface area contributed by atoms with Gasteiger partial charge in [0.25, 0.3) is 11.8 Å². The Morgan fingerprint density at radius 3 is 2.59 bits per heavy atom. The van der Waals surface area contributed by atoms with Gasteiger partial charge in [0.05, 0.1) is 5.69 Å². The first-order valence-electron chi connectivity index (χ1n) is 10.7. The van der Waals surface area contributed by atoms with Gasteiger partial charge in [-0.25, -0.2) is 4.98 Å². The molecule has 3 heterocycles. The van der Waals surface area contributed by atoms with Gasteiger partial charge in [-0.15, -0.1) is 0 Å². The molecule has 1 aromatic heterocycles. The molecule has 4 rings (SSSR count). The van der Waals surface area contributed by atoms with Crippen LogP contribution in [0.1, 0.15) is 70.5 Å². The van der Waals surface area contributed by atoms with Crippen molar-refractivity contribution in [1.29, 1.82) is 0 Å². The highest BCUT2D eigenvalue weighted by Gasteiger charge is 2.31. The zero-order chi connectivity index (χ0) is 20.5. The average molecular weight is 395 g/mol. The quantitative estimate of drug-likeness (QED) is 0.857. The van der Waals surface area contributed by atoms with E-state index in [-0.39, 0.29) is 11.8 Å². The molecule has 154 valence electrons. The van der Waals surface area contributed by atoms with Crippen molar-refractivity contribution in [3.63, 3.8) is 0 Å². The monoisotopic (exact) mass is 394 g/mol. The maximum absolute atomic E-state index is 13.2. The van der Waals surface area contributed by atoms with Crippen LogP contribution in [0.3, 0.4) is 0 Å². The Morgan fingerprint density at radius 1 is 1.10 bits per heavy atom. The van der Waals surface area contributed by atoms with Crippen LogP contribution < -0.4 is 5.32 Å². The maximum Gasteiger partial charge on any atom is 0.289 e. The second-order valence-electron chi connectivity index (χ2n) is 8.59. The molecule has 0 radical (unpaired) electrons. The molecule has 0 spiro atoms. The molecule has 2 aliphatic heterocycles. The third-order valence-corrected chi connectivity index (χ3v) is 6.23. The molecule has 0 unspecified atom stereocenters. The topological polar surface area (TPSA) is 67.2 Å². The molecule has 1 N–H and O–H groups in total. The summed E-state index contributed by atoms with van der Waals surface area (Å²) in [6.07, 6.45) is 4.87. The number of hydrogen-bond donors (Lipinski definition) is 1. The first kappa shape index (κ1) is 19.7. The van der Waals surface area contributed by atoms with E-state index in [0.717, 1.165) is 74.2 Å². The molecule has 6 heteroatoms. The highest BCUT2D eigenvalue weighted by molar-refractivity contribution is 6.05. The van der Waals surface area contributed by atoms with Crippen molar-refractivity contribution >= 4 is 17.5 Å². The Kier molecular flexibility index (Phi) is 5.43. The maximum atomic E-state index is 13.2. The SMILES string of the molecule is Cc1ccc(NC(=O)c2nc(C(=O)N3CCC(C)CC3)n3c2CCCC3)c(C)c1. The molecule has 0 saturated carbocycles. The molecule has 2 aliphatic rings. The molecular weight excluding hydrogens is 364 g/mol. The van der Waals surface area contributed by atoms with E-state index < -0.39 is 0 Å². The summed E-state index contributed by atoms with van der Waals surface area (Å²) in [7, 11) is 0. The van der Waals surface area contributed by atoms with Gasteiger partial charge in [-0.05, 0) is 63.5 Å². The number of imidazole rings is 1. The Balaban J connectivity index is 1.62. The zero-order valence-corrected chi connectivity index (χ0v) is 17.6. The van der Waals surface area contributed by atoms with E-state index in [9.17, 15) is 9.59 Å². The number of rotatable bonds is 3. The number of piperidine rings is 1. The molecule has 29 heavy (non-hydrogen) atoms. The van der Waals surface area contributed by atoms with Gasteiger partial charge >= 0.3 is 0 Å². The first-order chi connectivity index (χ1) is 13.9. The molecule has 6 nitrogen and oxygen atoms in total. The van der Waals surface area contributed by atoms with Crippen molar-refractivity contribution in [2.24, 2.45) is 5.92 Å². The molecule has 2 aromatic rings. The third kappa shape index (κ3) is 3.93. The summed E-state index contributed by atoms with van der Waals surface area (Å²) in [6, 6.07) is 5.95. The van der Waals surface area contributed by atoms with Crippen molar-refractivity contribution in [1.82, 2.24) is 14.5 Å². The Morgan fingerprint density at radius 2 is 1.86 bits per heavy atom. The van der Waals surface area contributed by atoms with Crippen molar-refractivity contribution < 1.29 is 9.59 Å². The summed E-state index contributed by atoms with van der Waals surface area (Å²) in [6.45, 7) is 8.54. The average Bonchev–Trinajstić information content (AvgIpc) is 3.10. The third-order valence-electron chi connectivity index (χ3n) is 6.23. The Bertz CT molecular complexity index is 939. The van der Waals surface area contributed by atoms with Crippen molar-refractivity contribution in [3.05, 3.63) is 46.5 Å². The number of carbonyl (C=O) groups excluding carboxylic acids is 2.